The summed E-state index contributed by atoms with van der Waals surface area (Å²) < 4.78 is 31.5. The van der Waals surface area contributed by atoms with E-state index < -0.39 is 42.0 Å². The smallest absolute Gasteiger partial charge is 0.284 e. The topological polar surface area (TPSA) is 187 Å². The predicted molar refractivity (Wildman–Crippen MR) is 223 cm³/mol. The Morgan fingerprint density at radius 2 is 1.73 bits per heavy atom. The SMILES string of the molecule is O=C1CCC(N2C(=O)c3cccc(N4CCC(CCCN5CCC(n6cc(NC(=O)c7cnn8ccc(N[C@@H]9CCCC[C@@H]9O)nc78)c(C(F)F)n6)CC5)CC4)c3C2=O)C(=O)C1. The van der Waals surface area contributed by atoms with Crippen molar-refractivity contribution >= 4 is 52.1 Å². The number of rotatable bonds is 12. The molecule has 1 unspecified atom stereocenters. The van der Waals surface area contributed by atoms with Crippen LogP contribution < -0.4 is 15.5 Å². The lowest BCUT2D eigenvalue weighted by Crippen LogP contribution is -2.47. The van der Waals surface area contributed by atoms with Crippen LogP contribution in [0.2, 0.25) is 0 Å². The second-order valence-corrected chi connectivity index (χ2v) is 17.5. The number of alkyl halides is 2. The summed E-state index contributed by atoms with van der Waals surface area (Å²) in [7, 11) is 0. The summed E-state index contributed by atoms with van der Waals surface area (Å²) in [5.41, 5.74) is 1.24. The number of piperidine rings is 2. The molecule has 3 amide bonds. The maximum atomic E-state index is 14.3. The Hall–Kier alpha value is -5.62. The van der Waals surface area contributed by atoms with E-state index in [0.29, 0.717) is 29.3 Å². The van der Waals surface area contributed by atoms with Crippen molar-refractivity contribution < 1.29 is 37.9 Å². The number of aromatic nitrogens is 5. The van der Waals surface area contributed by atoms with Gasteiger partial charge in [0.15, 0.2) is 17.1 Å². The third-order valence-corrected chi connectivity index (χ3v) is 13.5. The number of hydrogen-bond acceptors (Lipinski definition) is 12. The molecule has 18 heteroatoms. The van der Waals surface area contributed by atoms with Crippen molar-refractivity contribution in [1.29, 1.82) is 0 Å². The first kappa shape index (κ1) is 41.7. The maximum Gasteiger partial charge on any atom is 0.284 e. The van der Waals surface area contributed by atoms with Crippen LogP contribution in [0.3, 0.4) is 0 Å². The lowest BCUT2D eigenvalue weighted by atomic mass is 9.91. The van der Waals surface area contributed by atoms with E-state index in [-0.39, 0.29) is 59.8 Å². The number of hydrogen-bond donors (Lipinski definition) is 3. The van der Waals surface area contributed by atoms with E-state index in [1.807, 2.05) is 6.07 Å². The Balaban J connectivity index is 0.748. The van der Waals surface area contributed by atoms with Crippen molar-refractivity contribution in [1.82, 2.24) is 34.2 Å². The summed E-state index contributed by atoms with van der Waals surface area (Å²) in [5.74, 6) is -1.07. The van der Waals surface area contributed by atoms with Crippen molar-refractivity contribution in [2.45, 2.75) is 114 Å². The highest BCUT2D eigenvalue weighted by molar-refractivity contribution is 6.25. The van der Waals surface area contributed by atoms with Crippen LogP contribution in [0.25, 0.3) is 5.65 Å². The Labute approximate surface area is 357 Å². The molecule has 328 valence electrons. The number of likely N-dealkylation sites (tertiary alicyclic amines) is 1. The molecule has 4 aromatic rings. The summed E-state index contributed by atoms with van der Waals surface area (Å²) in [6.45, 7) is 4.01. The molecular weight excluding hydrogens is 803 g/mol. The van der Waals surface area contributed by atoms with Gasteiger partial charge in [0.1, 0.15) is 17.2 Å². The first-order valence-electron chi connectivity index (χ1n) is 22.0. The highest BCUT2D eigenvalue weighted by atomic mass is 19.3. The lowest BCUT2D eigenvalue weighted by molar-refractivity contribution is -0.132. The summed E-state index contributed by atoms with van der Waals surface area (Å²) in [6.07, 6.45) is 10.1. The number of imide groups is 1. The van der Waals surface area contributed by atoms with Gasteiger partial charge in [0.05, 0.1) is 59.3 Å². The number of ketones is 2. The van der Waals surface area contributed by atoms with Crippen LogP contribution in [-0.2, 0) is 9.59 Å². The molecule has 62 heavy (non-hydrogen) atoms. The number of halogens is 2. The largest absolute Gasteiger partial charge is 0.391 e. The number of anilines is 3. The molecule has 1 aromatic carbocycles. The summed E-state index contributed by atoms with van der Waals surface area (Å²) >= 11 is 0. The molecule has 0 bridgehead atoms. The zero-order valence-corrected chi connectivity index (χ0v) is 34.6. The van der Waals surface area contributed by atoms with Crippen molar-refractivity contribution in [3.63, 3.8) is 0 Å². The number of benzene rings is 1. The molecule has 0 radical (unpaired) electrons. The second-order valence-electron chi connectivity index (χ2n) is 17.5. The molecular formula is C44H52F2N10O6. The molecule has 6 heterocycles. The minimum Gasteiger partial charge on any atom is -0.391 e. The van der Waals surface area contributed by atoms with Gasteiger partial charge in [-0.2, -0.15) is 10.2 Å². The van der Waals surface area contributed by atoms with E-state index in [1.165, 1.54) is 16.9 Å². The van der Waals surface area contributed by atoms with E-state index in [1.54, 1.807) is 29.1 Å². The first-order valence-corrected chi connectivity index (χ1v) is 22.0. The van der Waals surface area contributed by atoms with E-state index in [9.17, 15) is 37.9 Å². The predicted octanol–water partition coefficient (Wildman–Crippen LogP) is 5.45. The van der Waals surface area contributed by atoms with Crippen LogP contribution in [0.5, 0.6) is 0 Å². The quantitative estimate of drug-likeness (QED) is 0.121. The Kier molecular flexibility index (Phi) is 11.9. The normalized spacial score (nSPS) is 23.2. The van der Waals surface area contributed by atoms with E-state index in [4.69, 9.17) is 0 Å². The van der Waals surface area contributed by atoms with Gasteiger partial charge in [-0.3, -0.25) is 33.6 Å². The van der Waals surface area contributed by atoms with E-state index in [2.05, 4.69) is 35.6 Å². The van der Waals surface area contributed by atoms with Gasteiger partial charge in [-0.05, 0) is 88.4 Å². The average Bonchev–Trinajstić information content (AvgIpc) is 3.96. The first-order chi connectivity index (χ1) is 30.0. The molecule has 0 spiro atoms. The molecule has 2 aliphatic carbocycles. The number of carbonyl (C=O) groups is 5. The number of aliphatic hydroxyl groups excluding tert-OH is 1. The number of carbonyl (C=O) groups excluding carboxylic acids is 5. The molecule has 3 aliphatic heterocycles. The van der Waals surface area contributed by atoms with Crippen LogP contribution in [0, 0.1) is 5.92 Å². The van der Waals surface area contributed by atoms with Gasteiger partial charge in [-0.1, -0.05) is 18.9 Å². The zero-order chi connectivity index (χ0) is 43.1. The minimum absolute atomic E-state index is 0.0502. The van der Waals surface area contributed by atoms with Crippen LogP contribution in [0.15, 0.2) is 42.9 Å². The molecule has 3 N–H and O–H groups in total. The fourth-order valence-corrected chi connectivity index (χ4v) is 10.1. The molecule has 5 aliphatic rings. The maximum absolute atomic E-state index is 14.3. The monoisotopic (exact) mass is 854 g/mol. The third kappa shape index (κ3) is 8.33. The zero-order valence-electron chi connectivity index (χ0n) is 34.6. The Morgan fingerprint density at radius 1 is 0.935 bits per heavy atom. The molecule has 16 nitrogen and oxygen atoms in total. The molecule has 2 saturated heterocycles. The summed E-state index contributed by atoms with van der Waals surface area (Å²) in [6, 6.07) is 5.88. The highest BCUT2D eigenvalue weighted by Gasteiger charge is 2.46. The van der Waals surface area contributed by atoms with Crippen LogP contribution in [-0.4, -0.2) is 119 Å². The number of amides is 3. The third-order valence-electron chi connectivity index (χ3n) is 13.5. The van der Waals surface area contributed by atoms with E-state index in [0.717, 1.165) is 101 Å². The minimum atomic E-state index is -2.89. The number of nitrogens with zero attached hydrogens (tertiary/aromatic N) is 8. The fraction of sp³-hybridized carbons (Fsp3) is 0.545. The summed E-state index contributed by atoms with van der Waals surface area (Å²) in [5, 5.41) is 24.8. The van der Waals surface area contributed by atoms with Crippen molar-refractivity contribution in [3.8, 4) is 0 Å². The lowest BCUT2D eigenvalue weighted by Gasteiger charge is -2.35. The van der Waals surface area contributed by atoms with Crippen molar-refractivity contribution in [2.24, 2.45) is 5.92 Å². The average molecular weight is 855 g/mol. The Bertz CT molecular complexity index is 2370. The van der Waals surface area contributed by atoms with Gasteiger partial charge in [0.2, 0.25) is 0 Å². The van der Waals surface area contributed by atoms with Gasteiger partial charge >= 0.3 is 0 Å². The highest BCUT2D eigenvalue weighted by Crippen LogP contribution is 2.37. The van der Waals surface area contributed by atoms with Crippen molar-refractivity contribution in [3.05, 3.63) is 65.2 Å². The Morgan fingerprint density at radius 3 is 2.48 bits per heavy atom. The number of aliphatic hydroxyl groups is 1. The fourth-order valence-electron chi connectivity index (χ4n) is 10.1. The van der Waals surface area contributed by atoms with Gasteiger partial charge in [-0.25, -0.2) is 18.3 Å². The number of fused-ring (bicyclic) bond motifs is 2. The molecule has 3 atom stereocenters. The number of nitrogens with one attached hydrogen (secondary N) is 2. The standard InChI is InChI=1S/C44H52F2N10O6/c45-40(46)39-32(49-42(60)30-24-47-54-22-16-37(50-41(30)54)48-31-7-1-2-9-35(31)58)25-55(51-39)27-14-18-52(19-15-27)17-4-5-26-12-20-53(21-13-26)34-8-3-6-29-38(34)44(62)56(43(29)61)33-11-10-28(57)23-36(33)59/h3,6,8,16,22,24-27,31,33,35,40,58H,1-2,4-5,7,9-15,17-21,23H2,(H,48,50)(H,49,60)/t31-,33?,35+/m1/s1. The number of Topliss-reactive ketones (excluding diaryl/α,β-unsaturated/α-hetero) is 2. The molecule has 4 fully saturated rings. The van der Waals surface area contributed by atoms with Crippen LogP contribution in [0.4, 0.5) is 26.0 Å². The van der Waals surface area contributed by atoms with Gasteiger partial charge in [-0.15, -0.1) is 0 Å². The van der Waals surface area contributed by atoms with Gasteiger partial charge in [0, 0.05) is 45.0 Å². The molecule has 3 aromatic heterocycles. The van der Waals surface area contributed by atoms with Gasteiger partial charge in [0.25, 0.3) is 24.1 Å². The molecule has 9 rings (SSSR count). The van der Waals surface area contributed by atoms with E-state index >= 15 is 0 Å². The van der Waals surface area contributed by atoms with Crippen molar-refractivity contribution in [2.75, 3.05) is 48.3 Å². The summed E-state index contributed by atoms with van der Waals surface area (Å²) in [4.78, 5) is 75.2. The van der Waals surface area contributed by atoms with Gasteiger partial charge < -0.3 is 25.5 Å². The van der Waals surface area contributed by atoms with Crippen LogP contribution in [0.1, 0.15) is 133 Å². The second kappa shape index (κ2) is 17.6. The van der Waals surface area contributed by atoms with Crippen LogP contribution >= 0.6 is 0 Å². The molecule has 2 saturated carbocycles.